The minimum atomic E-state index is -0.559. The fraction of sp³-hybridized carbons (Fsp3) is 1.00. The van der Waals surface area contributed by atoms with Crippen LogP contribution in [-0.4, -0.2) is 42.6 Å². The predicted octanol–water partition coefficient (Wildman–Crippen LogP) is 3.76. The zero-order valence-corrected chi connectivity index (χ0v) is 12.6. The third kappa shape index (κ3) is 7.42. The molecule has 0 spiro atoms. The van der Waals surface area contributed by atoms with Crippen LogP contribution in [0, 0.1) is 0 Å². The number of thioether (sulfide) groups is 2. The van der Waals surface area contributed by atoms with E-state index in [4.69, 9.17) is 0 Å². The van der Waals surface area contributed by atoms with Crippen molar-refractivity contribution in [2.45, 2.75) is 33.2 Å². The Kier molecular flexibility index (Phi) is 8.47. The van der Waals surface area contributed by atoms with Crippen LogP contribution in [0.3, 0.4) is 0 Å². The standard InChI is InChI=1S/C10H21S2Te/c1-13-9-3-7-11-5-2-6-12-8-4-10-13/h2-10H2,1H3/q+1. The number of hydrogen-bond donors (Lipinski definition) is 0. The van der Waals surface area contributed by atoms with Crippen molar-refractivity contribution >= 4 is 43.1 Å². The first-order chi connectivity index (χ1) is 6.39. The Morgan fingerprint density at radius 1 is 0.769 bits per heavy atom. The minimum absolute atomic E-state index is 0.559. The molecule has 3 heteroatoms. The maximum absolute atomic E-state index is 2.59. The molecule has 13 heavy (non-hydrogen) atoms. The van der Waals surface area contributed by atoms with Gasteiger partial charge in [0.25, 0.3) is 0 Å². The summed E-state index contributed by atoms with van der Waals surface area (Å²) < 4.78 is 3.25. The van der Waals surface area contributed by atoms with E-state index < -0.39 is 19.6 Å². The average Bonchev–Trinajstić information content (AvgIpc) is 2.11. The van der Waals surface area contributed by atoms with Gasteiger partial charge in [-0.15, -0.1) is 0 Å². The van der Waals surface area contributed by atoms with Crippen molar-refractivity contribution in [2.24, 2.45) is 0 Å². The molecule has 1 saturated heterocycles. The van der Waals surface area contributed by atoms with E-state index in [-0.39, 0.29) is 0 Å². The zero-order chi connectivity index (χ0) is 9.36. The van der Waals surface area contributed by atoms with E-state index >= 15 is 0 Å². The quantitative estimate of drug-likeness (QED) is 0.619. The molecule has 1 heterocycles. The van der Waals surface area contributed by atoms with Gasteiger partial charge in [-0.3, -0.25) is 0 Å². The third-order valence-electron chi connectivity index (χ3n) is 2.14. The Morgan fingerprint density at radius 2 is 1.23 bits per heavy atom. The van der Waals surface area contributed by atoms with Gasteiger partial charge in [0.2, 0.25) is 0 Å². The van der Waals surface area contributed by atoms with Crippen molar-refractivity contribution in [3.05, 3.63) is 0 Å². The van der Waals surface area contributed by atoms with Gasteiger partial charge in [0.05, 0.1) is 0 Å². The molecule has 78 valence electrons. The van der Waals surface area contributed by atoms with Crippen LogP contribution in [0.2, 0.25) is 13.9 Å². The summed E-state index contributed by atoms with van der Waals surface area (Å²) in [5, 5.41) is 0. The zero-order valence-electron chi connectivity index (χ0n) is 8.59. The molecule has 0 saturated carbocycles. The van der Waals surface area contributed by atoms with E-state index in [2.05, 4.69) is 28.5 Å². The van der Waals surface area contributed by atoms with Gasteiger partial charge >= 0.3 is 99.3 Å². The Balaban J connectivity index is 2.11. The van der Waals surface area contributed by atoms with Crippen LogP contribution in [0.15, 0.2) is 0 Å². The Morgan fingerprint density at radius 3 is 1.77 bits per heavy atom. The third-order valence-corrected chi connectivity index (χ3v) is 10.1. The number of rotatable bonds is 0. The van der Waals surface area contributed by atoms with E-state index in [1.165, 1.54) is 42.3 Å². The second kappa shape index (κ2) is 8.77. The summed E-state index contributed by atoms with van der Waals surface area (Å²) in [7, 11) is 0. The molecule has 0 atom stereocenters. The van der Waals surface area contributed by atoms with Crippen molar-refractivity contribution in [1.29, 1.82) is 0 Å². The molecule has 1 aliphatic heterocycles. The molecule has 0 amide bonds. The maximum atomic E-state index is 2.59. The molecular formula is C10H21S2Te+. The van der Waals surface area contributed by atoms with Crippen molar-refractivity contribution in [1.82, 2.24) is 0 Å². The van der Waals surface area contributed by atoms with Gasteiger partial charge in [0.15, 0.2) is 0 Å². The summed E-state index contributed by atoms with van der Waals surface area (Å²) in [6.45, 7) is 0. The topological polar surface area (TPSA) is 0 Å². The van der Waals surface area contributed by atoms with Crippen LogP contribution in [0.25, 0.3) is 0 Å². The van der Waals surface area contributed by atoms with Crippen LogP contribution in [-0.2, 0) is 0 Å². The molecule has 0 unspecified atom stereocenters. The van der Waals surface area contributed by atoms with Gasteiger partial charge in [-0.05, 0) is 0 Å². The fourth-order valence-corrected chi connectivity index (χ4v) is 8.73. The van der Waals surface area contributed by atoms with E-state index in [1.54, 1.807) is 8.94 Å². The fourth-order valence-electron chi connectivity index (χ4n) is 1.38. The van der Waals surface area contributed by atoms with Crippen LogP contribution in [0.1, 0.15) is 19.3 Å². The molecule has 1 aliphatic rings. The van der Waals surface area contributed by atoms with Gasteiger partial charge in [0.1, 0.15) is 0 Å². The Bertz CT molecular complexity index is 107. The molecule has 0 aliphatic carbocycles. The van der Waals surface area contributed by atoms with Gasteiger partial charge < -0.3 is 0 Å². The molecule has 0 aromatic heterocycles. The molecular weight excluding hydrogens is 312 g/mol. The van der Waals surface area contributed by atoms with Crippen molar-refractivity contribution in [3.63, 3.8) is 0 Å². The summed E-state index contributed by atoms with van der Waals surface area (Å²) in [5.41, 5.74) is 0. The average molecular weight is 333 g/mol. The van der Waals surface area contributed by atoms with E-state index in [0.29, 0.717) is 0 Å². The molecule has 0 nitrogen and oxygen atoms in total. The predicted molar refractivity (Wildman–Crippen MR) is 69.7 cm³/mol. The van der Waals surface area contributed by atoms with Crippen LogP contribution in [0.5, 0.6) is 0 Å². The molecule has 1 rings (SSSR count). The summed E-state index contributed by atoms with van der Waals surface area (Å²) in [6, 6.07) is 0. The van der Waals surface area contributed by atoms with Gasteiger partial charge in [0, 0.05) is 0 Å². The molecule has 0 N–H and O–H groups in total. The second-order valence-electron chi connectivity index (χ2n) is 3.48. The molecule has 0 aromatic rings. The molecule has 0 radical (unpaired) electrons. The van der Waals surface area contributed by atoms with Crippen molar-refractivity contribution in [3.8, 4) is 0 Å². The van der Waals surface area contributed by atoms with Crippen LogP contribution < -0.4 is 0 Å². The van der Waals surface area contributed by atoms with Crippen LogP contribution >= 0.6 is 23.5 Å². The van der Waals surface area contributed by atoms with E-state index in [1.807, 2.05) is 0 Å². The monoisotopic (exact) mass is 335 g/mol. The Hall–Kier alpha value is 1.49. The van der Waals surface area contributed by atoms with Crippen molar-refractivity contribution < 1.29 is 0 Å². The number of hydrogen-bond acceptors (Lipinski definition) is 2. The SMILES string of the molecule is C[Te+]1CCCSCCCSCCC1. The first kappa shape index (κ1) is 12.6. The Labute approximate surface area is 98.6 Å². The van der Waals surface area contributed by atoms with Gasteiger partial charge in [-0.25, -0.2) is 0 Å². The first-order valence-electron chi connectivity index (χ1n) is 5.14. The van der Waals surface area contributed by atoms with E-state index in [9.17, 15) is 0 Å². The van der Waals surface area contributed by atoms with Gasteiger partial charge in [-0.1, -0.05) is 0 Å². The second-order valence-corrected chi connectivity index (χ2v) is 12.7. The normalized spacial score (nSPS) is 24.7. The van der Waals surface area contributed by atoms with Crippen molar-refractivity contribution in [2.75, 3.05) is 23.0 Å². The summed E-state index contributed by atoms with van der Waals surface area (Å²) in [4.78, 5) is 2.59. The van der Waals surface area contributed by atoms with Crippen LogP contribution in [0.4, 0.5) is 0 Å². The summed E-state index contributed by atoms with van der Waals surface area (Å²) in [5.74, 6) is 5.70. The molecule has 1 fully saturated rings. The molecule has 0 aromatic carbocycles. The summed E-state index contributed by atoms with van der Waals surface area (Å²) in [6.07, 6.45) is 4.47. The molecule has 0 bridgehead atoms. The van der Waals surface area contributed by atoms with E-state index in [0.717, 1.165) is 0 Å². The summed E-state index contributed by atoms with van der Waals surface area (Å²) >= 11 is 3.81. The van der Waals surface area contributed by atoms with Gasteiger partial charge in [-0.2, -0.15) is 0 Å². The first-order valence-corrected chi connectivity index (χ1v) is 13.1.